The highest BCUT2D eigenvalue weighted by Crippen LogP contribution is 2.16. The minimum Gasteiger partial charge on any atom is -0.462 e. The Labute approximate surface area is 336 Å². The number of esters is 3. The van der Waals surface area contributed by atoms with Crippen molar-refractivity contribution < 1.29 is 28.6 Å². The lowest BCUT2D eigenvalue weighted by atomic mass is 10.0. The molecule has 0 aromatic heterocycles. The second-order valence-electron chi connectivity index (χ2n) is 16.4. The van der Waals surface area contributed by atoms with E-state index in [4.69, 9.17) is 14.2 Å². The predicted octanol–water partition coefficient (Wildman–Crippen LogP) is 15.3. The first-order chi connectivity index (χ1) is 26.5. The molecule has 0 saturated carbocycles. The smallest absolute Gasteiger partial charge is 0.306 e. The second-order valence-corrected chi connectivity index (χ2v) is 16.4. The fourth-order valence-electron chi connectivity index (χ4n) is 7.21. The third-order valence-corrected chi connectivity index (χ3v) is 10.9. The molecule has 6 nitrogen and oxygen atoms in total. The molecule has 0 spiro atoms. The Morgan fingerprint density at radius 3 is 0.741 bits per heavy atom. The molecule has 0 aliphatic rings. The van der Waals surface area contributed by atoms with E-state index in [1.807, 2.05) is 0 Å². The molecule has 0 aliphatic heterocycles. The predicted molar refractivity (Wildman–Crippen MR) is 229 cm³/mol. The molecule has 0 heterocycles. The van der Waals surface area contributed by atoms with E-state index in [1.165, 1.54) is 173 Å². The summed E-state index contributed by atoms with van der Waals surface area (Å²) in [4.78, 5) is 37.7. The maximum absolute atomic E-state index is 12.7. The molecule has 0 aromatic carbocycles. The van der Waals surface area contributed by atoms with Crippen LogP contribution >= 0.6 is 0 Å². The summed E-state index contributed by atoms with van der Waals surface area (Å²) in [6.07, 6.45) is 45.1. The van der Waals surface area contributed by atoms with Gasteiger partial charge in [-0.25, -0.2) is 0 Å². The Morgan fingerprint density at radius 1 is 0.296 bits per heavy atom. The Bertz CT molecular complexity index is 798. The highest BCUT2D eigenvalue weighted by atomic mass is 16.6. The van der Waals surface area contributed by atoms with E-state index in [0.717, 1.165) is 57.8 Å². The molecular weight excluding hydrogens is 673 g/mol. The lowest BCUT2D eigenvalue weighted by Gasteiger charge is -2.18. The summed E-state index contributed by atoms with van der Waals surface area (Å²) < 4.78 is 16.7. The maximum Gasteiger partial charge on any atom is 0.306 e. The van der Waals surface area contributed by atoms with Gasteiger partial charge in [-0.2, -0.15) is 0 Å². The van der Waals surface area contributed by atoms with E-state index < -0.39 is 6.10 Å². The largest absolute Gasteiger partial charge is 0.462 e. The van der Waals surface area contributed by atoms with Crippen LogP contribution in [-0.2, 0) is 28.6 Å². The third kappa shape index (κ3) is 41.6. The zero-order valence-electron chi connectivity index (χ0n) is 36.5. The van der Waals surface area contributed by atoms with Crippen LogP contribution in [0, 0.1) is 0 Å². The fourth-order valence-corrected chi connectivity index (χ4v) is 7.21. The third-order valence-electron chi connectivity index (χ3n) is 10.9. The molecule has 0 unspecified atom stereocenters. The molecule has 54 heavy (non-hydrogen) atoms. The van der Waals surface area contributed by atoms with Crippen LogP contribution in [0.4, 0.5) is 0 Å². The molecule has 0 aliphatic carbocycles. The first-order valence-corrected chi connectivity index (χ1v) is 24.0. The van der Waals surface area contributed by atoms with Crippen LogP contribution in [0.2, 0.25) is 0 Å². The van der Waals surface area contributed by atoms with E-state index in [0.29, 0.717) is 19.3 Å². The van der Waals surface area contributed by atoms with Gasteiger partial charge in [0.05, 0.1) is 0 Å². The molecule has 0 amide bonds. The number of ether oxygens (including phenoxy) is 3. The van der Waals surface area contributed by atoms with Gasteiger partial charge in [0.1, 0.15) is 13.2 Å². The molecule has 0 aromatic rings. The summed E-state index contributed by atoms with van der Waals surface area (Å²) in [6, 6.07) is 0. The number of hydrogen-bond acceptors (Lipinski definition) is 6. The summed E-state index contributed by atoms with van der Waals surface area (Å²) >= 11 is 0. The van der Waals surface area contributed by atoms with Crippen molar-refractivity contribution in [1.82, 2.24) is 0 Å². The van der Waals surface area contributed by atoms with Gasteiger partial charge in [0.15, 0.2) is 6.10 Å². The van der Waals surface area contributed by atoms with Gasteiger partial charge in [-0.15, -0.1) is 0 Å². The maximum atomic E-state index is 12.7. The second kappa shape index (κ2) is 44.1. The standard InChI is InChI=1S/C48H92O6/c1-4-7-10-13-16-19-21-22-23-24-25-27-30-32-35-38-41-47(50)53-44-45(54-48(51)42-39-36-33-28-18-15-12-9-6-3)43-52-46(49)40-37-34-31-29-26-20-17-14-11-8-5-2/h45H,4-44H2,1-3H3/t45-/m0/s1. The molecule has 320 valence electrons. The van der Waals surface area contributed by atoms with Gasteiger partial charge >= 0.3 is 17.9 Å². The van der Waals surface area contributed by atoms with E-state index in [1.54, 1.807) is 0 Å². The molecule has 1 atom stereocenters. The van der Waals surface area contributed by atoms with Gasteiger partial charge in [0.2, 0.25) is 0 Å². The van der Waals surface area contributed by atoms with Crippen LogP contribution in [-0.4, -0.2) is 37.2 Å². The molecule has 6 heteroatoms. The molecule has 0 N–H and O–H groups in total. The van der Waals surface area contributed by atoms with Crippen LogP contribution in [0.3, 0.4) is 0 Å². The molecule has 0 bridgehead atoms. The molecule has 0 saturated heterocycles. The van der Waals surface area contributed by atoms with Crippen LogP contribution in [0.1, 0.15) is 271 Å². The number of unbranched alkanes of at least 4 members (excludes halogenated alkanes) is 33. The number of carbonyl (C=O) groups is 3. The normalized spacial score (nSPS) is 11.8. The van der Waals surface area contributed by atoms with Crippen molar-refractivity contribution in [2.24, 2.45) is 0 Å². The molecule has 0 rings (SSSR count). The fraction of sp³-hybridized carbons (Fsp3) is 0.938. The van der Waals surface area contributed by atoms with Crippen LogP contribution < -0.4 is 0 Å². The Hall–Kier alpha value is -1.59. The number of rotatable bonds is 44. The van der Waals surface area contributed by atoms with Gasteiger partial charge in [-0.1, -0.05) is 233 Å². The zero-order chi connectivity index (χ0) is 39.4. The minimum atomic E-state index is -0.757. The van der Waals surface area contributed by atoms with E-state index >= 15 is 0 Å². The summed E-state index contributed by atoms with van der Waals surface area (Å²) in [5.41, 5.74) is 0. The molecule has 0 fully saturated rings. The monoisotopic (exact) mass is 765 g/mol. The van der Waals surface area contributed by atoms with Crippen LogP contribution in [0.25, 0.3) is 0 Å². The highest BCUT2D eigenvalue weighted by molar-refractivity contribution is 5.71. The molecular formula is C48H92O6. The SMILES string of the molecule is CCCCCCCCCCCCCCCCCCC(=O)OC[C@H](COC(=O)CCCCCCCCCCCCC)OC(=O)CCCCCCCCCCC. The number of hydrogen-bond donors (Lipinski definition) is 0. The van der Waals surface area contributed by atoms with Gasteiger partial charge < -0.3 is 14.2 Å². The van der Waals surface area contributed by atoms with Crippen molar-refractivity contribution in [2.75, 3.05) is 13.2 Å². The Balaban J connectivity index is 4.24. The highest BCUT2D eigenvalue weighted by Gasteiger charge is 2.19. The number of carbonyl (C=O) groups excluding carboxylic acids is 3. The van der Waals surface area contributed by atoms with Gasteiger partial charge in [0, 0.05) is 19.3 Å². The average molecular weight is 765 g/mol. The van der Waals surface area contributed by atoms with Gasteiger partial charge in [-0.05, 0) is 19.3 Å². The summed E-state index contributed by atoms with van der Waals surface area (Å²) in [7, 11) is 0. The topological polar surface area (TPSA) is 78.9 Å². The summed E-state index contributed by atoms with van der Waals surface area (Å²) in [5, 5.41) is 0. The van der Waals surface area contributed by atoms with Gasteiger partial charge in [0.25, 0.3) is 0 Å². The lowest BCUT2D eigenvalue weighted by molar-refractivity contribution is -0.167. The van der Waals surface area contributed by atoms with E-state index in [9.17, 15) is 14.4 Å². The van der Waals surface area contributed by atoms with Crippen molar-refractivity contribution in [3.63, 3.8) is 0 Å². The Morgan fingerprint density at radius 2 is 0.500 bits per heavy atom. The summed E-state index contributed by atoms with van der Waals surface area (Å²) in [6.45, 7) is 6.64. The van der Waals surface area contributed by atoms with Crippen LogP contribution in [0.5, 0.6) is 0 Å². The van der Waals surface area contributed by atoms with E-state index in [2.05, 4.69) is 20.8 Å². The quantitative estimate of drug-likeness (QED) is 0.0349. The minimum absolute atomic E-state index is 0.0626. The molecule has 0 radical (unpaired) electrons. The first kappa shape index (κ1) is 52.4. The van der Waals surface area contributed by atoms with Crippen molar-refractivity contribution in [3.05, 3.63) is 0 Å². The lowest BCUT2D eigenvalue weighted by Crippen LogP contribution is -2.30. The zero-order valence-corrected chi connectivity index (χ0v) is 36.5. The Kier molecular flexibility index (Phi) is 42.8. The summed E-state index contributed by atoms with van der Waals surface area (Å²) in [5.74, 6) is -0.851. The van der Waals surface area contributed by atoms with Crippen molar-refractivity contribution in [1.29, 1.82) is 0 Å². The van der Waals surface area contributed by atoms with Crippen molar-refractivity contribution in [2.45, 2.75) is 277 Å². The van der Waals surface area contributed by atoms with E-state index in [-0.39, 0.29) is 31.1 Å². The van der Waals surface area contributed by atoms with Crippen molar-refractivity contribution >= 4 is 17.9 Å². The van der Waals surface area contributed by atoms with Gasteiger partial charge in [-0.3, -0.25) is 14.4 Å². The average Bonchev–Trinajstić information content (AvgIpc) is 3.17. The first-order valence-electron chi connectivity index (χ1n) is 24.0. The van der Waals surface area contributed by atoms with Crippen molar-refractivity contribution in [3.8, 4) is 0 Å². The van der Waals surface area contributed by atoms with Crippen LogP contribution in [0.15, 0.2) is 0 Å².